The van der Waals surface area contributed by atoms with Crippen LogP contribution in [0.15, 0.2) is 48.8 Å². The van der Waals surface area contributed by atoms with Crippen molar-refractivity contribution in [3.05, 3.63) is 76.5 Å². The normalized spacial score (nSPS) is 14.3. The zero-order valence-electron chi connectivity index (χ0n) is 20.9. The van der Waals surface area contributed by atoms with Gasteiger partial charge in [0.05, 0.1) is 22.8 Å². The van der Waals surface area contributed by atoms with Gasteiger partial charge in [-0.15, -0.1) is 0 Å². The second-order valence-electron chi connectivity index (χ2n) is 9.11. The minimum atomic E-state index is -1.18. The van der Waals surface area contributed by atoms with E-state index < -0.39 is 5.97 Å². The van der Waals surface area contributed by atoms with Crippen molar-refractivity contribution in [2.45, 2.75) is 19.9 Å². The van der Waals surface area contributed by atoms with E-state index in [1.54, 1.807) is 24.5 Å². The summed E-state index contributed by atoms with van der Waals surface area (Å²) in [5.41, 5.74) is 4.62. The number of anilines is 3. The Bertz CT molecular complexity index is 1550. The second kappa shape index (κ2) is 10.5. The van der Waals surface area contributed by atoms with E-state index in [-0.39, 0.29) is 22.6 Å². The fourth-order valence-electron chi connectivity index (χ4n) is 4.71. The molecule has 0 unspecified atom stereocenters. The maximum Gasteiger partial charge on any atom is 0.356 e. The third-order valence-corrected chi connectivity index (χ3v) is 6.75. The van der Waals surface area contributed by atoms with Gasteiger partial charge in [0.15, 0.2) is 17.2 Å². The summed E-state index contributed by atoms with van der Waals surface area (Å²) >= 11 is 5.92. The van der Waals surface area contributed by atoms with Gasteiger partial charge in [0, 0.05) is 49.8 Å². The number of benzene rings is 1. The van der Waals surface area contributed by atoms with E-state index in [0.29, 0.717) is 35.6 Å². The maximum atomic E-state index is 11.7. The third kappa shape index (κ3) is 5.01. The van der Waals surface area contributed by atoms with Crippen LogP contribution in [0.2, 0.25) is 5.15 Å². The van der Waals surface area contributed by atoms with Gasteiger partial charge in [0.25, 0.3) is 0 Å². The Labute approximate surface area is 224 Å². The Hall–Kier alpha value is -4.49. The molecule has 11 heteroatoms. The van der Waals surface area contributed by atoms with Crippen LogP contribution in [-0.2, 0) is 0 Å². The molecule has 5 rings (SSSR count). The molecule has 0 spiro atoms. The van der Waals surface area contributed by atoms with Gasteiger partial charge in [-0.1, -0.05) is 17.7 Å². The number of fused-ring (bicyclic) bond motifs is 1. The molecule has 4 aromatic rings. The predicted molar refractivity (Wildman–Crippen MR) is 146 cm³/mol. The Morgan fingerprint density at radius 3 is 2.47 bits per heavy atom. The molecule has 2 N–H and O–H groups in total. The van der Waals surface area contributed by atoms with Crippen molar-refractivity contribution in [3.63, 3.8) is 0 Å². The van der Waals surface area contributed by atoms with Crippen LogP contribution in [0.5, 0.6) is 0 Å². The van der Waals surface area contributed by atoms with E-state index in [0.717, 1.165) is 29.9 Å². The van der Waals surface area contributed by atoms with Gasteiger partial charge >= 0.3 is 5.97 Å². The topological polar surface area (TPSA) is 131 Å². The molecule has 1 aliphatic heterocycles. The number of hydrogen-bond acceptors (Lipinski definition) is 9. The summed E-state index contributed by atoms with van der Waals surface area (Å²) in [6.45, 7) is 6.78. The minimum Gasteiger partial charge on any atom is -0.476 e. The fourth-order valence-corrected chi connectivity index (χ4v) is 4.85. The van der Waals surface area contributed by atoms with E-state index in [1.807, 2.05) is 38.1 Å². The van der Waals surface area contributed by atoms with E-state index >= 15 is 0 Å². The maximum absolute atomic E-state index is 11.7. The second-order valence-corrected chi connectivity index (χ2v) is 9.50. The Kier molecular flexibility index (Phi) is 6.94. The molecule has 0 radical (unpaired) electrons. The molecule has 3 aromatic heterocycles. The summed E-state index contributed by atoms with van der Waals surface area (Å²) in [6.07, 6.45) is 3.56. The Morgan fingerprint density at radius 2 is 1.79 bits per heavy atom. The van der Waals surface area contributed by atoms with Crippen LogP contribution >= 0.6 is 11.6 Å². The number of pyridine rings is 2. The van der Waals surface area contributed by atoms with Crippen LogP contribution < -0.4 is 15.1 Å². The van der Waals surface area contributed by atoms with Crippen molar-refractivity contribution in [3.8, 4) is 6.07 Å². The van der Waals surface area contributed by atoms with Gasteiger partial charge in [0.1, 0.15) is 11.2 Å². The molecule has 0 saturated carbocycles. The summed E-state index contributed by atoms with van der Waals surface area (Å²) in [6, 6.07) is 12.9. The summed E-state index contributed by atoms with van der Waals surface area (Å²) in [5.74, 6) is -0.631. The Morgan fingerprint density at radius 1 is 1.08 bits per heavy atom. The lowest BCUT2D eigenvalue weighted by Gasteiger charge is -2.36. The molecule has 0 aliphatic carbocycles. The van der Waals surface area contributed by atoms with Gasteiger partial charge in [0.2, 0.25) is 0 Å². The number of rotatable bonds is 6. The smallest absolute Gasteiger partial charge is 0.356 e. The summed E-state index contributed by atoms with van der Waals surface area (Å²) in [7, 11) is 0. The number of aromatic nitrogens is 4. The van der Waals surface area contributed by atoms with Gasteiger partial charge in [-0.2, -0.15) is 5.26 Å². The van der Waals surface area contributed by atoms with Gasteiger partial charge in [-0.25, -0.2) is 19.7 Å². The largest absolute Gasteiger partial charge is 0.476 e. The molecule has 1 fully saturated rings. The molecule has 192 valence electrons. The average Bonchev–Trinajstić information content (AvgIpc) is 2.93. The van der Waals surface area contributed by atoms with E-state index in [9.17, 15) is 15.2 Å². The lowest BCUT2D eigenvalue weighted by Crippen LogP contribution is -2.47. The van der Waals surface area contributed by atoms with Crippen molar-refractivity contribution in [2.24, 2.45) is 0 Å². The number of carboxylic acids is 1. The fraction of sp³-hybridized carbons (Fsp3) is 0.259. The van der Waals surface area contributed by atoms with Gasteiger partial charge < -0.3 is 20.2 Å². The molecule has 1 saturated heterocycles. The summed E-state index contributed by atoms with van der Waals surface area (Å²) < 4.78 is 0. The van der Waals surface area contributed by atoms with Crippen molar-refractivity contribution < 1.29 is 9.90 Å². The Balaban J connectivity index is 1.49. The first-order valence-corrected chi connectivity index (χ1v) is 12.5. The molecule has 1 atom stereocenters. The van der Waals surface area contributed by atoms with E-state index in [4.69, 9.17) is 16.6 Å². The van der Waals surface area contributed by atoms with Crippen molar-refractivity contribution in [2.75, 3.05) is 41.3 Å². The highest BCUT2D eigenvalue weighted by molar-refractivity contribution is 6.29. The molecular weight excluding hydrogens is 504 g/mol. The number of aromatic carboxylic acids is 1. The summed E-state index contributed by atoms with van der Waals surface area (Å²) in [4.78, 5) is 33.8. The van der Waals surface area contributed by atoms with Gasteiger partial charge in [-0.3, -0.25) is 4.98 Å². The number of piperazine rings is 1. The zero-order valence-corrected chi connectivity index (χ0v) is 21.6. The zero-order chi connectivity index (χ0) is 26.8. The highest BCUT2D eigenvalue weighted by Crippen LogP contribution is 2.31. The average molecular weight is 529 g/mol. The molecule has 38 heavy (non-hydrogen) atoms. The number of carbonyl (C=O) groups is 1. The molecule has 1 aromatic carbocycles. The first-order chi connectivity index (χ1) is 18.3. The van der Waals surface area contributed by atoms with Crippen LogP contribution in [0.4, 0.5) is 17.2 Å². The first kappa shape index (κ1) is 25.2. The predicted octanol–water partition coefficient (Wildman–Crippen LogP) is 4.45. The molecule has 0 bridgehead atoms. The number of aryl methyl sites for hydroxylation is 1. The number of halogens is 1. The van der Waals surface area contributed by atoms with Crippen LogP contribution in [0.3, 0.4) is 0 Å². The third-order valence-electron chi connectivity index (χ3n) is 6.54. The molecule has 10 nitrogen and oxygen atoms in total. The number of carboxylic acid groups (broad SMARTS) is 1. The van der Waals surface area contributed by atoms with Crippen molar-refractivity contribution in [1.29, 1.82) is 5.26 Å². The number of nitrogens with one attached hydrogen (secondary N) is 1. The molecule has 4 heterocycles. The van der Waals surface area contributed by atoms with Crippen LogP contribution in [0.1, 0.15) is 40.3 Å². The highest BCUT2D eigenvalue weighted by Gasteiger charge is 2.24. The monoisotopic (exact) mass is 528 g/mol. The van der Waals surface area contributed by atoms with E-state index in [1.165, 1.54) is 0 Å². The van der Waals surface area contributed by atoms with Gasteiger partial charge in [-0.05, 0) is 49.7 Å². The van der Waals surface area contributed by atoms with E-state index in [2.05, 4.69) is 36.1 Å². The summed E-state index contributed by atoms with van der Waals surface area (Å²) in [5, 5.41) is 22.8. The van der Waals surface area contributed by atoms with Crippen LogP contribution in [-0.4, -0.2) is 57.2 Å². The lowest BCUT2D eigenvalue weighted by atomic mass is 10.0. The first-order valence-electron chi connectivity index (χ1n) is 12.1. The number of hydrogen-bond donors (Lipinski definition) is 2. The molecule has 1 aliphatic rings. The van der Waals surface area contributed by atoms with Crippen molar-refractivity contribution >= 4 is 45.8 Å². The highest BCUT2D eigenvalue weighted by atomic mass is 35.5. The van der Waals surface area contributed by atoms with Crippen LogP contribution in [0, 0.1) is 18.3 Å². The lowest BCUT2D eigenvalue weighted by molar-refractivity contribution is 0.0691. The number of nitrogens with zero attached hydrogens (tertiary/aromatic N) is 7. The van der Waals surface area contributed by atoms with Crippen LogP contribution in [0.25, 0.3) is 11.0 Å². The quantitative estimate of drug-likeness (QED) is 0.346. The molecular formula is C27H25ClN8O2. The minimum absolute atomic E-state index is 0.102. The number of nitriles is 1. The van der Waals surface area contributed by atoms with Crippen molar-refractivity contribution in [1.82, 2.24) is 19.9 Å². The molecule has 0 amide bonds. The standard InChI is InChI=1S/C27H25ClN8O2/c1-16-13-19(17(2)31-20-3-4-23(28)33-25(20)27(37)38)24-21(14-16)32-22(15-29)26(34-24)36-11-9-35(10-12-36)18-5-7-30-8-6-18/h3-8,13-14,17,31H,9-12H2,1-2H3,(H,37,38)/t17-/m1/s1. The SMILES string of the molecule is Cc1cc([C@@H](C)Nc2ccc(Cl)nc2C(=O)O)c2nc(N3CCN(c4ccncc4)CC3)c(C#N)nc2c1.